The van der Waals surface area contributed by atoms with Crippen LogP contribution in [0.2, 0.25) is 0 Å². The van der Waals surface area contributed by atoms with Crippen molar-refractivity contribution in [3.8, 4) is 0 Å². The first-order valence-corrected chi connectivity index (χ1v) is 7.16. The SMILES string of the molecule is CCCC1CN(c2cncc(C)c2)C(CC)CN1. The summed E-state index contributed by atoms with van der Waals surface area (Å²) in [4.78, 5) is 6.88. The number of rotatable bonds is 4. The zero-order valence-electron chi connectivity index (χ0n) is 11.8. The van der Waals surface area contributed by atoms with Gasteiger partial charge in [0.1, 0.15) is 0 Å². The van der Waals surface area contributed by atoms with Crippen molar-refractivity contribution in [3.63, 3.8) is 0 Å². The molecule has 3 nitrogen and oxygen atoms in total. The second-order valence-electron chi connectivity index (χ2n) is 5.33. The Morgan fingerprint density at radius 3 is 2.89 bits per heavy atom. The van der Waals surface area contributed by atoms with Crippen molar-refractivity contribution in [2.75, 3.05) is 18.0 Å². The number of nitrogens with zero attached hydrogens (tertiary/aromatic N) is 2. The highest BCUT2D eigenvalue weighted by molar-refractivity contribution is 5.47. The van der Waals surface area contributed by atoms with E-state index in [1.165, 1.54) is 30.5 Å². The van der Waals surface area contributed by atoms with Gasteiger partial charge in [0.2, 0.25) is 0 Å². The Hall–Kier alpha value is -1.09. The number of aryl methyl sites for hydroxylation is 1. The van der Waals surface area contributed by atoms with Gasteiger partial charge >= 0.3 is 0 Å². The molecule has 0 bridgehead atoms. The first kappa shape index (κ1) is 13.3. The van der Waals surface area contributed by atoms with Crippen LogP contribution < -0.4 is 10.2 Å². The van der Waals surface area contributed by atoms with Crippen molar-refractivity contribution < 1.29 is 0 Å². The molecule has 1 fully saturated rings. The number of pyridine rings is 1. The predicted octanol–water partition coefficient (Wildman–Crippen LogP) is 2.75. The molecule has 0 saturated carbocycles. The number of hydrogen-bond acceptors (Lipinski definition) is 3. The Kier molecular flexibility index (Phi) is 4.59. The number of aromatic nitrogens is 1. The van der Waals surface area contributed by atoms with Gasteiger partial charge in [-0.15, -0.1) is 0 Å². The largest absolute Gasteiger partial charge is 0.364 e. The van der Waals surface area contributed by atoms with Crippen LogP contribution >= 0.6 is 0 Å². The second kappa shape index (κ2) is 6.19. The Bertz CT molecular complexity index is 378. The number of hydrogen-bond donors (Lipinski definition) is 1. The molecule has 100 valence electrons. The predicted molar refractivity (Wildman–Crippen MR) is 77.1 cm³/mol. The molecule has 0 radical (unpaired) electrons. The summed E-state index contributed by atoms with van der Waals surface area (Å²) in [5.74, 6) is 0. The monoisotopic (exact) mass is 247 g/mol. The lowest BCUT2D eigenvalue weighted by molar-refractivity contribution is 0.369. The molecule has 0 aliphatic carbocycles. The lowest BCUT2D eigenvalue weighted by Gasteiger charge is -2.41. The van der Waals surface area contributed by atoms with Crippen LogP contribution in [0.4, 0.5) is 5.69 Å². The highest BCUT2D eigenvalue weighted by Gasteiger charge is 2.26. The molecule has 2 unspecified atom stereocenters. The van der Waals surface area contributed by atoms with Crippen molar-refractivity contribution in [2.45, 2.75) is 52.1 Å². The van der Waals surface area contributed by atoms with E-state index in [1.807, 2.05) is 12.4 Å². The summed E-state index contributed by atoms with van der Waals surface area (Å²) in [6.07, 6.45) is 7.61. The van der Waals surface area contributed by atoms with Gasteiger partial charge in [-0.3, -0.25) is 4.98 Å². The normalized spacial score (nSPS) is 24.3. The van der Waals surface area contributed by atoms with Crippen LogP contribution in [0.3, 0.4) is 0 Å². The maximum absolute atomic E-state index is 4.34. The molecular weight excluding hydrogens is 222 g/mol. The smallest absolute Gasteiger partial charge is 0.0558 e. The maximum Gasteiger partial charge on any atom is 0.0558 e. The van der Waals surface area contributed by atoms with Crippen molar-refractivity contribution in [3.05, 3.63) is 24.0 Å². The third kappa shape index (κ3) is 3.02. The minimum atomic E-state index is 0.599. The van der Waals surface area contributed by atoms with Gasteiger partial charge in [0.05, 0.1) is 11.9 Å². The zero-order chi connectivity index (χ0) is 13.0. The molecule has 0 amide bonds. The van der Waals surface area contributed by atoms with Crippen LogP contribution in [0.25, 0.3) is 0 Å². The molecular formula is C15H25N3. The topological polar surface area (TPSA) is 28.2 Å². The van der Waals surface area contributed by atoms with E-state index >= 15 is 0 Å². The van der Waals surface area contributed by atoms with Crippen LogP contribution in [0.15, 0.2) is 18.5 Å². The Balaban J connectivity index is 2.15. The molecule has 2 rings (SSSR count). The van der Waals surface area contributed by atoms with Gasteiger partial charge in [0.25, 0.3) is 0 Å². The minimum absolute atomic E-state index is 0.599. The van der Waals surface area contributed by atoms with Gasteiger partial charge < -0.3 is 10.2 Å². The molecule has 2 atom stereocenters. The molecule has 0 spiro atoms. The molecule has 2 heterocycles. The van der Waals surface area contributed by atoms with Crippen molar-refractivity contribution in [1.82, 2.24) is 10.3 Å². The zero-order valence-corrected chi connectivity index (χ0v) is 11.8. The molecule has 18 heavy (non-hydrogen) atoms. The van der Waals surface area contributed by atoms with E-state index in [0.717, 1.165) is 13.1 Å². The summed E-state index contributed by atoms with van der Waals surface area (Å²) in [7, 11) is 0. The average Bonchev–Trinajstić information content (AvgIpc) is 2.39. The van der Waals surface area contributed by atoms with Gasteiger partial charge in [-0.2, -0.15) is 0 Å². The third-order valence-electron chi connectivity index (χ3n) is 3.80. The van der Waals surface area contributed by atoms with Crippen LogP contribution in [0, 0.1) is 6.92 Å². The van der Waals surface area contributed by atoms with Gasteiger partial charge in [-0.05, 0) is 31.4 Å². The van der Waals surface area contributed by atoms with E-state index in [9.17, 15) is 0 Å². The minimum Gasteiger partial charge on any atom is -0.364 e. The Labute approximate surface area is 111 Å². The fourth-order valence-corrected chi connectivity index (χ4v) is 2.78. The van der Waals surface area contributed by atoms with Crippen LogP contribution in [0.5, 0.6) is 0 Å². The van der Waals surface area contributed by atoms with Gasteiger partial charge in [0.15, 0.2) is 0 Å². The summed E-state index contributed by atoms with van der Waals surface area (Å²) in [5, 5.41) is 3.67. The summed E-state index contributed by atoms with van der Waals surface area (Å²) >= 11 is 0. The number of piperazine rings is 1. The molecule has 3 heteroatoms. The van der Waals surface area contributed by atoms with E-state index in [4.69, 9.17) is 0 Å². The van der Waals surface area contributed by atoms with Gasteiger partial charge in [0, 0.05) is 31.4 Å². The molecule has 0 aromatic carbocycles. The van der Waals surface area contributed by atoms with Crippen molar-refractivity contribution in [1.29, 1.82) is 0 Å². The molecule has 1 aliphatic heterocycles. The van der Waals surface area contributed by atoms with E-state index in [2.05, 4.69) is 42.0 Å². The van der Waals surface area contributed by atoms with Crippen LogP contribution in [0.1, 0.15) is 38.7 Å². The summed E-state index contributed by atoms with van der Waals surface area (Å²) in [5.41, 5.74) is 2.53. The summed E-state index contributed by atoms with van der Waals surface area (Å²) in [6, 6.07) is 3.48. The van der Waals surface area contributed by atoms with E-state index in [-0.39, 0.29) is 0 Å². The first-order chi connectivity index (χ1) is 8.74. The van der Waals surface area contributed by atoms with Gasteiger partial charge in [-0.1, -0.05) is 20.3 Å². The highest BCUT2D eigenvalue weighted by Crippen LogP contribution is 2.22. The van der Waals surface area contributed by atoms with E-state index in [0.29, 0.717) is 12.1 Å². The van der Waals surface area contributed by atoms with Crippen molar-refractivity contribution in [2.24, 2.45) is 0 Å². The van der Waals surface area contributed by atoms with Crippen LogP contribution in [-0.4, -0.2) is 30.2 Å². The lowest BCUT2D eigenvalue weighted by atomic mass is 10.0. The molecule has 1 saturated heterocycles. The Morgan fingerprint density at radius 2 is 2.22 bits per heavy atom. The van der Waals surface area contributed by atoms with Gasteiger partial charge in [-0.25, -0.2) is 0 Å². The summed E-state index contributed by atoms with van der Waals surface area (Å²) < 4.78 is 0. The quantitative estimate of drug-likeness (QED) is 0.886. The average molecular weight is 247 g/mol. The fourth-order valence-electron chi connectivity index (χ4n) is 2.78. The molecule has 1 N–H and O–H groups in total. The standard InChI is InChI=1S/C15H25N3/c1-4-6-13-11-18(14(5-2)10-17-13)15-7-12(3)8-16-9-15/h7-9,13-14,17H,4-6,10-11H2,1-3H3. The molecule has 1 aliphatic rings. The lowest BCUT2D eigenvalue weighted by Crippen LogP contribution is -2.56. The van der Waals surface area contributed by atoms with Crippen LogP contribution in [-0.2, 0) is 0 Å². The van der Waals surface area contributed by atoms with E-state index in [1.54, 1.807) is 0 Å². The molecule has 1 aromatic heterocycles. The maximum atomic E-state index is 4.34. The first-order valence-electron chi connectivity index (χ1n) is 7.16. The number of nitrogens with one attached hydrogen (secondary N) is 1. The third-order valence-corrected chi connectivity index (χ3v) is 3.80. The highest BCUT2D eigenvalue weighted by atomic mass is 15.2. The summed E-state index contributed by atoms with van der Waals surface area (Å²) in [6.45, 7) is 8.84. The van der Waals surface area contributed by atoms with Crippen molar-refractivity contribution >= 4 is 5.69 Å². The molecule has 1 aromatic rings. The number of anilines is 1. The van der Waals surface area contributed by atoms with E-state index < -0.39 is 0 Å². The fraction of sp³-hybridized carbons (Fsp3) is 0.667. The second-order valence-corrected chi connectivity index (χ2v) is 5.33. The Morgan fingerprint density at radius 1 is 1.39 bits per heavy atom.